The van der Waals surface area contributed by atoms with Crippen LogP contribution in [0.15, 0.2) is 157 Å². The number of rotatable bonds is 4. The van der Waals surface area contributed by atoms with E-state index in [0.717, 1.165) is 0 Å². The van der Waals surface area contributed by atoms with Crippen molar-refractivity contribution in [3.8, 4) is 51.0 Å². The maximum atomic E-state index is 9.65. The van der Waals surface area contributed by atoms with Crippen molar-refractivity contribution in [1.29, 1.82) is 0 Å². The molecule has 0 saturated carbocycles. The Morgan fingerprint density at radius 3 is 1.79 bits per heavy atom. The SMILES string of the molecule is [2H]c1c([2H])c([2H])c(-n2c3c([2H])c([2H])c([2H])c([2H])c3c3c([2H])c([2H])c([2H])c([2H])c32)c(-c2nc(-c3c([2H])c([2H])c([2H])c4c3-c3c([2H])c([2H])c([2H])c([2H])c3C4(C([2H])([2H])[2H])C([2H])([2H])[2H])nc(-c3c([2H])c([2H])c([2H])c4c3sc3c([2H])c([2H])c([2H])c([2H])c34)n2)c1[2H]. The van der Waals surface area contributed by atoms with Gasteiger partial charge in [-0.3, -0.25) is 0 Å². The number of para-hydroxylation sites is 3. The molecule has 1 aliphatic rings. The van der Waals surface area contributed by atoms with Gasteiger partial charge < -0.3 is 4.57 Å². The molecule has 250 valence electrons. The maximum absolute atomic E-state index is 9.65. The van der Waals surface area contributed by atoms with E-state index in [2.05, 4.69) is 15.0 Å². The second-order valence-corrected chi connectivity index (χ2v) is 12.6. The van der Waals surface area contributed by atoms with Gasteiger partial charge in [-0.25, -0.2) is 15.0 Å². The van der Waals surface area contributed by atoms with Crippen LogP contribution >= 0.6 is 11.3 Å². The van der Waals surface area contributed by atoms with Crippen molar-refractivity contribution >= 4 is 53.3 Å². The summed E-state index contributed by atoms with van der Waals surface area (Å²) in [6.07, 6.45) is 0. The average molecular weight is 729 g/mol. The van der Waals surface area contributed by atoms with Gasteiger partial charge in [-0.15, -0.1) is 11.3 Å². The maximum Gasteiger partial charge on any atom is 0.166 e. The Kier molecular flexibility index (Phi) is 2.62. The molecule has 0 N–H and O–H groups in total. The van der Waals surface area contributed by atoms with E-state index in [0.29, 0.717) is 15.9 Å². The molecule has 0 saturated heterocycles. The lowest BCUT2D eigenvalue weighted by atomic mass is 9.82. The number of aromatic nitrogens is 4. The largest absolute Gasteiger partial charge is 0.309 e. The molecule has 7 aromatic carbocycles. The van der Waals surface area contributed by atoms with E-state index in [9.17, 15) is 12.3 Å². The molecule has 0 bridgehead atoms. The van der Waals surface area contributed by atoms with Crippen LogP contribution in [-0.2, 0) is 5.41 Å². The van der Waals surface area contributed by atoms with Crippen molar-refractivity contribution < 1.29 is 43.9 Å². The summed E-state index contributed by atoms with van der Waals surface area (Å²) in [6, 6.07) is -25.7. The molecule has 3 aromatic heterocycles. The molecule has 0 spiro atoms. The van der Waals surface area contributed by atoms with E-state index in [1.54, 1.807) is 0 Å². The molecule has 3 heterocycles. The van der Waals surface area contributed by atoms with Crippen molar-refractivity contribution in [2.24, 2.45) is 0 Å². The standard InChI is InChI=1S/C48H32N4S/c1-48(2)37-23-8-3-18-33(37)43-35(21-14-24-38(43)48)46-49-45(50-47(51-46)36-22-13-20-32-31-17-7-12-28-42(31)53-44(32)36)34-19-6-11-27-41(34)52-39-25-9-4-15-29(39)30-16-5-10-26-40(30)52/h3-28H,1-2H3/i1D3,2D3,3D,4D,5D,6D,7D,8D,9D,10D,11D,12D,13D,14D,15D,16D,17D,18D,19D,20D,21D,22D,23D,24D,25D,26D,27D,28D. The van der Waals surface area contributed by atoms with Crippen molar-refractivity contribution in [2.45, 2.75) is 19.1 Å². The first-order valence-electron chi connectivity index (χ1n) is 31.4. The van der Waals surface area contributed by atoms with Crippen LogP contribution in [0.2, 0.25) is 0 Å². The third-order valence-electron chi connectivity index (χ3n) is 8.73. The van der Waals surface area contributed by atoms with Gasteiger partial charge in [-0.1, -0.05) is 135 Å². The van der Waals surface area contributed by atoms with Gasteiger partial charge in [0.15, 0.2) is 17.5 Å². The summed E-state index contributed by atoms with van der Waals surface area (Å²) >= 11 is 0.537. The van der Waals surface area contributed by atoms with Gasteiger partial charge in [0.1, 0.15) is 0 Å². The van der Waals surface area contributed by atoms with Gasteiger partial charge in [-0.05, 0) is 58.5 Å². The topological polar surface area (TPSA) is 43.6 Å². The first-order chi connectivity index (χ1) is 39.4. The van der Waals surface area contributed by atoms with E-state index >= 15 is 0 Å². The zero-order valence-corrected chi connectivity index (χ0v) is 27.0. The molecule has 0 unspecified atom stereocenters. The lowest BCUT2D eigenvalue weighted by molar-refractivity contribution is 0.660. The summed E-state index contributed by atoms with van der Waals surface area (Å²) in [5.41, 5.74) is -12.8. The minimum Gasteiger partial charge on any atom is -0.309 e. The number of hydrogen-bond acceptors (Lipinski definition) is 4. The Morgan fingerprint density at radius 1 is 0.491 bits per heavy atom. The quantitative estimate of drug-likeness (QED) is 0.181. The monoisotopic (exact) mass is 728 g/mol. The second kappa shape index (κ2) is 11.3. The Labute approximate surface area is 355 Å². The highest BCUT2D eigenvalue weighted by atomic mass is 32.1. The molecule has 0 amide bonds. The molecule has 53 heavy (non-hydrogen) atoms. The summed E-state index contributed by atoms with van der Waals surface area (Å²) in [6.45, 7) is -7.85. The summed E-state index contributed by atoms with van der Waals surface area (Å²) in [7, 11) is 0. The second-order valence-electron chi connectivity index (χ2n) is 11.6. The Balaban J connectivity index is 1.44. The predicted molar refractivity (Wildman–Crippen MR) is 221 cm³/mol. The van der Waals surface area contributed by atoms with Gasteiger partial charge in [0, 0.05) is 61.3 Å². The summed E-state index contributed by atoms with van der Waals surface area (Å²) in [5, 5.41) is -1.87. The number of hydrogen-bond donors (Lipinski definition) is 0. The van der Waals surface area contributed by atoms with Crippen molar-refractivity contribution in [2.75, 3.05) is 0 Å². The van der Waals surface area contributed by atoms with E-state index in [4.69, 9.17) is 31.5 Å². The fraction of sp³-hybridized carbons (Fsp3) is 0.0625. The van der Waals surface area contributed by atoms with Crippen LogP contribution in [0.4, 0.5) is 0 Å². The van der Waals surface area contributed by atoms with E-state index < -0.39 is 260 Å². The minimum atomic E-state index is -3.93. The van der Waals surface area contributed by atoms with Gasteiger partial charge in [0.25, 0.3) is 0 Å². The third kappa shape index (κ3) is 4.38. The van der Waals surface area contributed by atoms with Crippen molar-refractivity contribution in [1.82, 2.24) is 19.5 Å². The number of fused-ring (bicyclic) bond motifs is 9. The summed E-state index contributed by atoms with van der Waals surface area (Å²) < 4.78 is 289. The van der Waals surface area contributed by atoms with Gasteiger partial charge >= 0.3 is 0 Å². The highest BCUT2D eigenvalue weighted by Gasteiger charge is 2.37. The van der Waals surface area contributed by atoms with Crippen molar-refractivity contribution in [3.05, 3.63) is 168 Å². The third-order valence-corrected chi connectivity index (χ3v) is 9.85. The molecular formula is C48H32N4S. The normalized spacial score (nSPS) is 22.3. The molecule has 1 aliphatic carbocycles. The number of thiophene rings is 1. The van der Waals surface area contributed by atoms with E-state index in [-0.39, 0.29) is 20.2 Å². The van der Waals surface area contributed by atoms with Gasteiger partial charge in [-0.2, -0.15) is 0 Å². The Bertz CT molecular complexity index is 4740. The molecular weight excluding hydrogens is 665 g/mol. The zero-order chi connectivity index (χ0) is 62.9. The fourth-order valence-corrected chi connectivity index (χ4v) is 7.55. The Morgan fingerprint density at radius 2 is 1.02 bits per heavy atom. The Hall–Kier alpha value is -6.43. The molecule has 11 rings (SSSR count). The van der Waals surface area contributed by atoms with Crippen LogP contribution in [0.1, 0.15) is 68.7 Å². The molecule has 0 atom stereocenters. The number of nitrogens with zero attached hydrogens (tertiary/aromatic N) is 4. The molecule has 5 heteroatoms. The minimum absolute atomic E-state index is 0.234. The lowest BCUT2D eigenvalue weighted by Gasteiger charge is -2.21. The van der Waals surface area contributed by atoms with Crippen molar-refractivity contribution in [3.63, 3.8) is 0 Å². The number of benzene rings is 7. The summed E-state index contributed by atoms with van der Waals surface area (Å²) in [4.78, 5) is 13.7. The van der Waals surface area contributed by atoms with Crippen LogP contribution < -0.4 is 0 Å². The highest BCUT2D eigenvalue weighted by molar-refractivity contribution is 7.26. The fourth-order valence-electron chi connectivity index (χ4n) is 6.49. The zero-order valence-electron chi connectivity index (χ0n) is 58.2. The smallest absolute Gasteiger partial charge is 0.166 e. The van der Waals surface area contributed by atoms with E-state index in [1.165, 1.54) is 0 Å². The van der Waals surface area contributed by atoms with Crippen LogP contribution in [0.25, 0.3) is 93.0 Å². The molecule has 0 radical (unpaired) electrons. The molecule has 10 aromatic rings. The van der Waals surface area contributed by atoms with Crippen LogP contribution in [0.3, 0.4) is 0 Å². The van der Waals surface area contributed by atoms with Crippen LogP contribution in [0.5, 0.6) is 0 Å². The van der Waals surface area contributed by atoms with Gasteiger partial charge in [0.2, 0.25) is 0 Å². The highest BCUT2D eigenvalue weighted by Crippen LogP contribution is 2.52. The van der Waals surface area contributed by atoms with Gasteiger partial charge in [0.05, 0.1) is 52.4 Å². The van der Waals surface area contributed by atoms with Crippen LogP contribution in [0, 0.1) is 0 Å². The average Bonchev–Trinajstić information content (AvgIpc) is 1.58. The lowest BCUT2D eigenvalue weighted by Crippen LogP contribution is -2.14. The molecule has 0 aliphatic heterocycles. The molecule has 0 fully saturated rings. The van der Waals surface area contributed by atoms with Crippen LogP contribution in [-0.4, -0.2) is 19.5 Å². The predicted octanol–water partition coefficient (Wildman–Crippen LogP) is 12.6. The summed E-state index contributed by atoms with van der Waals surface area (Å²) in [5.74, 6) is -3.10. The first-order valence-corrected chi connectivity index (χ1v) is 16.2. The van der Waals surface area contributed by atoms with E-state index in [1.807, 2.05) is 0 Å². The molecule has 4 nitrogen and oxygen atoms in total. The first kappa shape index (κ1) is 12.3.